The molecule has 0 aromatic heterocycles. The summed E-state index contributed by atoms with van der Waals surface area (Å²) in [5, 5.41) is 3.26. The van der Waals surface area contributed by atoms with Gasteiger partial charge in [-0.1, -0.05) is 0 Å². The molecule has 0 saturated carbocycles. The zero-order valence-electron chi connectivity index (χ0n) is 10.1. The third-order valence-electron chi connectivity index (χ3n) is 3.42. The molecule has 1 amide bonds. The molecule has 0 radical (unpaired) electrons. The average molecular weight is 233 g/mol. The summed E-state index contributed by atoms with van der Waals surface area (Å²) in [6, 6.07) is 0. The minimum atomic E-state index is 0.297. The van der Waals surface area contributed by atoms with Gasteiger partial charge in [-0.2, -0.15) is 0 Å². The molecule has 2 fully saturated rings. The van der Waals surface area contributed by atoms with Gasteiger partial charge in [0.05, 0.1) is 6.54 Å². The van der Waals surface area contributed by atoms with Crippen LogP contribution in [0.5, 0.6) is 0 Å². The lowest BCUT2D eigenvalue weighted by Gasteiger charge is -2.34. The Morgan fingerprint density at radius 2 is 1.69 bits per heavy atom. The van der Waals surface area contributed by atoms with Crippen LogP contribution in [0.3, 0.4) is 0 Å². The third kappa shape index (κ3) is 3.17. The van der Waals surface area contributed by atoms with Crippen LogP contribution in [0, 0.1) is 0 Å². The van der Waals surface area contributed by atoms with Crippen molar-refractivity contribution in [3.05, 3.63) is 0 Å². The molecule has 0 atom stereocenters. The van der Waals surface area contributed by atoms with E-state index in [0.29, 0.717) is 12.5 Å². The van der Waals surface area contributed by atoms with Crippen LogP contribution in [0.4, 0.5) is 0 Å². The first-order valence-electron chi connectivity index (χ1n) is 6.15. The molecule has 2 rings (SSSR count). The Balaban J connectivity index is 1.73. The number of hydrogen-bond donors (Lipinski definition) is 1. The van der Waals surface area contributed by atoms with E-state index in [4.69, 9.17) is 0 Å². The van der Waals surface area contributed by atoms with E-state index in [1.54, 1.807) is 0 Å². The lowest BCUT2D eigenvalue weighted by molar-refractivity contribution is -0.133. The first-order chi connectivity index (χ1) is 7.75. The summed E-state index contributed by atoms with van der Waals surface area (Å²) in [7, 11) is 2.13. The molecule has 92 valence electrons. The fourth-order valence-corrected chi connectivity index (χ4v) is 2.21. The highest BCUT2D eigenvalue weighted by molar-refractivity contribution is 5.78. The molecule has 0 bridgehead atoms. The van der Waals surface area contributed by atoms with Crippen LogP contribution in [0.1, 0.15) is 0 Å². The number of carbonyl (C=O) groups excluding carboxylic acids is 1. The van der Waals surface area contributed by atoms with Gasteiger partial charge in [0.2, 0.25) is 5.91 Å². The van der Waals surface area contributed by atoms with Crippen molar-refractivity contribution in [1.29, 1.82) is 0 Å². The van der Waals surface area contributed by atoms with Crippen molar-refractivity contribution < 1.29 is 4.79 Å². The molecular weight excluding hydrogens is 211 g/mol. The molecule has 0 unspecified atom stereocenters. The highest BCUT2D eigenvalue weighted by Crippen LogP contribution is 2.01. The third-order valence-corrected chi connectivity index (χ3v) is 3.42. The molecule has 1 N–H and O–H groups in total. The summed E-state index contributed by atoms with van der Waals surface area (Å²) in [4.78, 5) is 18.6. The summed E-state index contributed by atoms with van der Waals surface area (Å²) >= 11 is 0. The average Bonchev–Trinajstić information content (AvgIpc) is 2.33. The molecule has 5 heteroatoms. The second kappa shape index (κ2) is 5.61. The van der Waals surface area contributed by atoms with E-state index in [1.807, 2.05) is 4.90 Å². The van der Waals surface area contributed by atoms with Crippen molar-refractivity contribution in [1.82, 2.24) is 20.0 Å². The molecule has 2 aliphatic heterocycles. The van der Waals surface area contributed by atoms with Gasteiger partial charge < -0.3 is 15.1 Å². The Labute approximate surface area is 97.4 Å². The molecule has 0 spiro atoms. The van der Waals surface area contributed by atoms with Gasteiger partial charge >= 0.3 is 0 Å². The Morgan fingerprint density at radius 1 is 1.06 bits per heavy atom. The Bertz CT molecular complexity index is 232. The van der Waals surface area contributed by atoms with Gasteiger partial charge in [-0.05, 0) is 7.05 Å². The van der Waals surface area contributed by atoms with Crippen LogP contribution in [0.2, 0.25) is 0 Å². The lowest BCUT2D eigenvalue weighted by Crippen LogP contribution is -2.52. The maximum atomic E-state index is 12.0. The molecule has 0 aromatic rings. The topological polar surface area (TPSA) is 38.8 Å². The first kappa shape index (κ1) is 11.8. The van der Waals surface area contributed by atoms with Crippen molar-refractivity contribution >= 4 is 5.91 Å². The van der Waals surface area contributed by atoms with E-state index in [1.165, 1.54) is 0 Å². The smallest absolute Gasteiger partial charge is 0.236 e. The fourth-order valence-electron chi connectivity index (χ4n) is 2.21. The van der Waals surface area contributed by atoms with Gasteiger partial charge in [-0.25, -0.2) is 0 Å². The number of hydrogen-bond acceptors (Lipinski definition) is 4. The number of amides is 1. The zero-order chi connectivity index (χ0) is 11.4. The summed E-state index contributed by atoms with van der Waals surface area (Å²) in [6.07, 6.45) is 0. The number of nitrogens with one attached hydrogen (secondary N) is 1. The summed E-state index contributed by atoms with van der Waals surface area (Å²) < 4.78 is 0. The Hall–Kier alpha value is -0.650. The van der Waals surface area contributed by atoms with Gasteiger partial charge in [-0.3, -0.25) is 9.69 Å². The van der Waals surface area contributed by atoms with Crippen molar-refractivity contribution in [2.45, 2.75) is 0 Å². The molecule has 16 heavy (non-hydrogen) atoms. The molecular formula is C11H22N4O. The summed E-state index contributed by atoms with van der Waals surface area (Å²) in [5.74, 6) is 0.297. The molecule has 2 heterocycles. The monoisotopic (exact) mass is 233 g/mol. The number of nitrogens with zero attached hydrogens (tertiary/aromatic N) is 3. The normalized spacial score (nSPS) is 24.7. The fraction of sp³-hybridized carbons (Fsp3) is 0.909. The molecule has 2 saturated heterocycles. The first-order valence-corrected chi connectivity index (χ1v) is 6.15. The van der Waals surface area contributed by atoms with Crippen LogP contribution in [-0.2, 0) is 4.79 Å². The summed E-state index contributed by atoms with van der Waals surface area (Å²) in [6.45, 7) is 8.42. The van der Waals surface area contributed by atoms with Gasteiger partial charge in [-0.15, -0.1) is 0 Å². The SMILES string of the molecule is [13CH3][15N]1[13CH2]CN(CC(=O)N2CCN[13CH2][13CH2]2)[13CH2][13CH2]1. The van der Waals surface area contributed by atoms with Crippen LogP contribution in [0.25, 0.3) is 0 Å². The predicted molar refractivity (Wildman–Crippen MR) is 63.4 cm³/mol. The number of rotatable bonds is 2. The van der Waals surface area contributed by atoms with Crippen LogP contribution < -0.4 is 5.32 Å². The number of piperazine rings is 2. The van der Waals surface area contributed by atoms with Crippen molar-refractivity contribution in [2.24, 2.45) is 0 Å². The number of carbonyl (C=O) groups is 1. The van der Waals surface area contributed by atoms with E-state index in [0.717, 1.165) is 52.4 Å². The van der Waals surface area contributed by atoms with Crippen LogP contribution >= 0.6 is 0 Å². The molecule has 0 aliphatic carbocycles. The minimum absolute atomic E-state index is 0.297. The van der Waals surface area contributed by atoms with Gasteiger partial charge in [0, 0.05) is 52.4 Å². The molecule has 2 aliphatic rings. The standard InChI is InChI=1S/C11H22N4O/c1-13-6-8-14(9-7-13)10-11(16)15-4-2-12-3-5-15/h12H,2-10H2,1H3/i1+1,2+1,4+1,6+1,7+1,8+1,13+1. The van der Waals surface area contributed by atoms with E-state index < -0.39 is 0 Å². The highest BCUT2D eigenvalue weighted by Gasteiger charge is 2.21. The van der Waals surface area contributed by atoms with Gasteiger partial charge in [0.1, 0.15) is 0 Å². The quantitative estimate of drug-likeness (QED) is 0.473. The maximum absolute atomic E-state index is 12.0. The largest absolute Gasteiger partial charge is 0.339 e. The Kier molecular flexibility index (Phi) is 4.15. The van der Waals surface area contributed by atoms with E-state index in [2.05, 4.69) is 22.2 Å². The minimum Gasteiger partial charge on any atom is -0.339 e. The van der Waals surface area contributed by atoms with Gasteiger partial charge in [0.15, 0.2) is 0 Å². The maximum Gasteiger partial charge on any atom is 0.236 e. The van der Waals surface area contributed by atoms with Crippen molar-refractivity contribution in [2.75, 3.05) is 66.0 Å². The number of likely N-dealkylation sites (N-methyl/N-ethyl adjacent to an activating group) is 1. The second-order valence-electron chi connectivity index (χ2n) is 4.71. The zero-order valence-corrected chi connectivity index (χ0v) is 10.1. The van der Waals surface area contributed by atoms with E-state index in [9.17, 15) is 4.79 Å². The lowest BCUT2D eigenvalue weighted by atomic mass is 10.4. The van der Waals surface area contributed by atoms with E-state index >= 15 is 0 Å². The Morgan fingerprint density at radius 3 is 2.31 bits per heavy atom. The van der Waals surface area contributed by atoms with Crippen LogP contribution in [-0.4, -0.2) is 86.6 Å². The van der Waals surface area contributed by atoms with Crippen molar-refractivity contribution in [3.63, 3.8) is 0 Å². The summed E-state index contributed by atoms with van der Waals surface area (Å²) in [5.41, 5.74) is 0. The van der Waals surface area contributed by atoms with Crippen molar-refractivity contribution in [3.8, 4) is 0 Å². The molecule has 0 aromatic carbocycles. The van der Waals surface area contributed by atoms with E-state index in [-0.39, 0.29) is 0 Å². The second-order valence-corrected chi connectivity index (χ2v) is 4.71. The molecule has 5 nitrogen and oxygen atoms in total. The predicted octanol–water partition coefficient (Wildman–Crippen LogP) is -1.33. The van der Waals surface area contributed by atoms with Crippen LogP contribution in [0.15, 0.2) is 0 Å². The van der Waals surface area contributed by atoms with Gasteiger partial charge in [0.25, 0.3) is 0 Å². The highest BCUT2D eigenvalue weighted by atomic mass is 16.2.